The van der Waals surface area contributed by atoms with Gasteiger partial charge in [0.2, 0.25) is 0 Å². The molecule has 15 atom stereocenters. The van der Waals surface area contributed by atoms with Crippen molar-refractivity contribution in [3.05, 3.63) is 11.6 Å². The highest BCUT2D eigenvalue weighted by Crippen LogP contribution is 2.76. The lowest BCUT2D eigenvalue weighted by atomic mass is 9.33. The number of aliphatic carboxylic acids is 2. The van der Waals surface area contributed by atoms with Gasteiger partial charge in [-0.3, -0.25) is 9.59 Å². The van der Waals surface area contributed by atoms with Gasteiger partial charge >= 0.3 is 11.9 Å². The number of carboxylic acids is 2. The molecule has 0 amide bonds. The number of fused-ring (bicyclic) bond motifs is 7. The van der Waals surface area contributed by atoms with Crippen molar-refractivity contribution in [1.82, 2.24) is 0 Å². The zero-order chi connectivity index (χ0) is 33.1. The SMILES string of the molecule is C[C@H]1[C@H](C)CC[C@]2(C(=O)O)CC[C@]3(C(=O)O)C(=CC[C@@H]4[C@@]5(C)CC[C@H](O[C@@H]6O[C@H](C)[C@@H](O)[C@H](O)[C@H]6O)C(C)(C)[C@@H]5CC[C@]43C)[C@H]12. The molecule has 0 aromatic heterocycles. The molecule has 0 radical (unpaired) electrons. The van der Waals surface area contributed by atoms with Crippen LogP contribution in [0.2, 0.25) is 0 Å². The molecule has 1 saturated heterocycles. The van der Waals surface area contributed by atoms with E-state index in [0.29, 0.717) is 31.6 Å². The average Bonchev–Trinajstić information content (AvgIpc) is 2.97. The summed E-state index contributed by atoms with van der Waals surface area (Å²) in [6.07, 6.45) is 2.36. The van der Waals surface area contributed by atoms with Crippen molar-refractivity contribution >= 4 is 11.9 Å². The molecule has 9 nitrogen and oxygen atoms in total. The summed E-state index contributed by atoms with van der Waals surface area (Å²) in [5.74, 6) is -1.08. The second-order valence-corrected chi connectivity index (χ2v) is 17.2. The van der Waals surface area contributed by atoms with Crippen LogP contribution < -0.4 is 0 Å². The van der Waals surface area contributed by atoms with Gasteiger partial charge in [-0.2, -0.15) is 0 Å². The molecular formula is C36H56O9. The molecule has 5 aliphatic carbocycles. The fourth-order valence-electron chi connectivity index (χ4n) is 12.5. The van der Waals surface area contributed by atoms with Gasteiger partial charge in [0.1, 0.15) is 18.3 Å². The third kappa shape index (κ3) is 4.28. The third-order valence-corrected chi connectivity index (χ3v) is 15.3. The van der Waals surface area contributed by atoms with E-state index < -0.39 is 58.9 Å². The highest BCUT2D eigenvalue weighted by Gasteiger charge is 2.73. The van der Waals surface area contributed by atoms with Gasteiger partial charge in [0, 0.05) is 0 Å². The lowest BCUT2D eigenvalue weighted by Crippen LogP contribution is -2.68. The second-order valence-electron chi connectivity index (χ2n) is 17.2. The van der Waals surface area contributed by atoms with E-state index in [-0.39, 0.29) is 40.6 Å². The van der Waals surface area contributed by atoms with Crippen molar-refractivity contribution in [2.75, 3.05) is 0 Å². The molecule has 1 aliphatic heterocycles. The highest BCUT2D eigenvalue weighted by atomic mass is 16.7. The van der Waals surface area contributed by atoms with Crippen LogP contribution in [0.25, 0.3) is 0 Å². The molecule has 45 heavy (non-hydrogen) atoms. The molecule has 9 heteroatoms. The summed E-state index contributed by atoms with van der Waals surface area (Å²) in [6.45, 7) is 15.0. The summed E-state index contributed by atoms with van der Waals surface area (Å²) in [5, 5.41) is 53.2. The molecule has 6 aliphatic rings. The molecule has 4 saturated carbocycles. The van der Waals surface area contributed by atoms with Gasteiger partial charge in [-0.1, -0.05) is 53.2 Å². The maximum Gasteiger partial charge on any atom is 0.314 e. The predicted molar refractivity (Wildman–Crippen MR) is 166 cm³/mol. The molecule has 0 unspecified atom stereocenters. The van der Waals surface area contributed by atoms with Gasteiger partial charge in [0.15, 0.2) is 6.29 Å². The number of allylic oxidation sites excluding steroid dienone is 1. The van der Waals surface area contributed by atoms with Gasteiger partial charge in [0.25, 0.3) is 0 Å². The van der Waals surface area contributed by atoms with Crippen LogP contribution in [-0.4, -0.2) is 74.3 Å². The maximum atomic E-state index is 13.8. The Bertz CT molecular complexity index is 1250. The van der Waals surface area contributed by atoms with Crippen LogP contribution in [0.5, 0.6) is 0 Å². The largest absolute Gasteiger partial charge is 0.481 e. The number of aliphatic hydroxyl groups excluding tert-OH is 3. The lowest BCUT2D eigenvalue weighted by molar-refractivity contribution is -0.324. The summed E-state index contributed by atoms with van der Waals surface area (Å²) < 4.78 is 12.3. The van der Waals surface area contributed by atoms with E-state index in [4.69, 9.17) is 9.47 Å². The van der Waals surface area contributed by atoms with E-state index in [2.05, 4.69) is 47.6 Å². The van der Waals surface area contributed by atoms with Crippen molar-refractivity contribution < 1.29 is 44.6 Å². The average molecular weight is 633 g/mol. The number of carbonyl (C=O) groups is 2. The van der Waals surface area contributed by atoms with Crippen LogP contribution in [0.3, 0.4) is 0 Å². The Balaban J connectivity index is 1.35. The van der Waals surface area contributed by atoms with Crippen LogP contribution in [0, 0.1) is 56.7 Å². The fraction of sp³-hybridized carbons (Fsp3) is 0.889. The highest BCUT2D eigenvalue weighted by molar-refractivity contribution is 5.84. The van der Waals surface area contributed by atoms with Crippen molar-refractivity contribution in [2.45, 2.75) is 143 Å². The van der Waals surface area contributed by atoms with Crippen molar-refractivity contribution in [2.24, 2.45) is 56.7 Å². The maximum absolute atomic E-state index is 13.8. The molecule has 0 aromatic rings. The number of ether oxygens (including phenoxy) is 2. The topological polar surface area (TPSA) is 154 Å². The summed E-state index contributed by atoms with van der Waals surface area (Å²) in [5.41, 5.74) is -2.13. The summed E-state index contributed by atoms with van der Waals surface area (Å²) >= 11 is 0. The summed E-state index contributed by atoms with van der Waals surface area (Å²) in [7, 11) is 0. The quantitative estimate of drug-likeness (QED) is 0.213. The Labute approximate surface area is 267 Å². The monoisotopic (exact) mass is 632 g/mol. The normalized spacial score (nSPS) is 54.0. The van der Waals surface area contributed by atoms with Crippen molar-refractivity contribution in [3.8, 4) is 0 Å². The first-order chi connectivity index (χ1) is 20.9. The molecule has 5 N–H and O–H groups in total. The van der Waals surface area contributed by atoms with E-state index in [1.165, 1.54) is 0 Å². The minimum absolute atomic E-state index is 0.0958. The number of hydrogen-bond acceptors (Lipinski definition) is 7. The Kier molecular flexibility index (Phi) is 7.97. The minimum atomic E-state index is -1.36. The van der Waals surface area contributed by atoms with Gasteiger partial charge < -0.3 is 35.0 Å². The Morgan fingerprint density at radius 3 is 2.16 bits per heavy atom. The number of carboxylic acid groups (broad SMARTS) is 2. The molecule has 0 bridgehead atoms. The van der Waals surface area contributed by atoms with Gasteiger partial charge in [-0.15, -0.1) is 0 Å². The zero-order valence-corrected chi connectivity index (χ0v) is 28.2. The van der Waals surface area contributed by atoms with Crippen LogP contribution in [0.4, 0.5) is 0 Å². The summed E-state index contributed by atoms with van der Waals surface area (Å²) in [6, 6.07) is 0. The Morgan fingerprint density at radius 2 is 1.51 bits per heavy atom. The Hall–Kier alpha value is -1.52. The molecule has 0 spiro atoms. The zero-order valence-electron chi connectivity index (χ0n) is 28.2. The second kappa shape index (κ2) is 10.7. The lowest BCUT2D eigenvalue weighted by Gasteiger charge is -2.70. The van der Waals surface area contributed by atoms with Gasteiger partial charge in [0.05, 0.1) is 23.0 Å². The van der Waals surface area contributed by atoms with Crippen molar-refractivity contribution in [3.63, 3.8) is 0 Å². The molecule has 0 aromatic carbocycles. The standard InChI is InChI=1S/C36H56O9/c1-18-10-15-35(30(40)41)16-17-36(31(42)43)21(25(35)19(18)2)8-9-23-33(6)13-12-24(32(4,5)22(33)11-14-34(23,36)7)45-29-28(39)27(38)26(37)20(3)44-29/h8,18-20,22-29,37-39H,9-17H2,1-7H3,(H,40,41)(H,42,43)/t18-,19+,20-,22+,23-,24+,25+,26-,27+,28-,29+,33+,34-,35+,36-/m1/s1. The van der Waals surface area contributed by atoms with Crippen molar-refractivity contribution in [1.29, 1.82) is 0 Å². The van der Waals surface area contributed by atoms with Crippen LogP contribution in [0.1, 0.15) is 106 Å². The first-order valence-corrected chi connectivity index (χ1v) is 17.4. The van der Waals surface area contributed by atoms with E-state index in [9.17, 15) is 35.1 Å². The minimum Gasteiger partial charge on any atom is -0.481 e. The first kappa shape index (κ1) is 33.4. The molecule has 5 fully saturated rings. The number of rotatable bonds is 4. The number of hydrogen-bond donors (Lipinski definition) is 5. The van der Waals surface area contributed by atoms with E-state index in [1.54, 1.807) is 6.92 Å². The van der Waals surface area contributed by atoms with Gasteiger partial charge in [-0.25, -0.2) is 0 Å². The first-order valence-electron chi connectivity index (χ1n) is 17.4. The predicted octanol–water partition coefficient (Wildman–Crippen LogP) is 5.01. The molecule has 254 valence electrons. The third-order valence-electron chi connectivity index (χ3n) is 15.3. The molecule has 1 heterocycles. The molecular weight excluding hydrogens is 576 g/mol. The molecule has 6 rings (SSSR count). The number of aliphatic hydroxyl groups is 3. The van der Waals surface area contributed by atoms with E-state index in [0.717, 1.165) is 37.7 Å². The van der Waals surface area contributed by atoms with E-state index >= 15 is 0 Å². The Morgan fingerprint density at radius 1 is 0.822 bits per heavy atom. The van der Waals surface area contributed by atoms with E-state index in [1.807, 2.05) is 0 Å². The van der Waals surface area contributed by atoms with Crippen LogP contribution in [0.15, 0.2) is 11.6 Å². The van der Waals surface area contributed by atoms with Gasteiger partial charge in [-0.05, 0) is 111 Å². The van der Waals surface area contributed by atoms with Crippen LogP contribution >= 0.6 is 0 Å². The van der Waals surface area contributed by atoms with Crippen LogP contribution in [-0.2, 0) is 19.1 Å². The fourth-order valence-corrected chi connectivity index (χ4v) is 12.5. The summed E-state index contributed by atoms with van der Waals surface area (Å²) in [4.78, 5) is 26.8. The smallest absolute Gasteiger partial charge is 0.314 e.